The van der Waals surface area contributed by atoms with E-state index in [4.69, 9.17) is 0 Å². The van der Waals surface area contributed by atoms with Crippen LogP contribution < -0.4 is 4.90 Å². The summed E-state index contributed by atoms with van der Waals surface area (Å²) >= 11 is 0. The van der Waals surface area contributed by atoms with E-state index in [9.17, 15) is 5.11 Å². The lowest BCUT2D eigenvalue weighted by Crippen LogP contribution is -2.31. The van der Waals surface area contributed by atoms with Crippen molar-refractivity contribution in [1.29, 1.82) is 0 Å². The smallest absolute Gasteiger partial charge is 0.154 e. The normalized spacial score (nSPS) is 21.3. The Bertz CT molecular complexity index is 884. The molecule has 0 aliphatic carbocycles. The predicted octanol–water partition coefficient (Wildman–Crippen LogP) is 1.31. The van der Waals surface area contributed by atoms with Crippen LogP contribution in [0.3, 0.4) is 0 Å². The first-order chi connectivity index (χ1) is 11.5. The number of hydrogen-bond acceptors (Lipinski definition) is 6. The minimum atomic E-state index is -1.00. The molecule has 1 aliphatic rings. The maximum Gasteiger partial charge on any atom is 0.154 e. The predicted molar refractivity (Wildman–Crippen MR) is 88.9 cm³/mol. The molecule has 1 fully saturated rings. The van der Waals surface area contributed by atoms with Crippen molar-refractivity contribution < 1.29 is 5.11 Å². The lowest BCUT2D eigenvalue weighted by molar-refractivity contribution is 0.0559. The molecule has 1 N–H and O–H groups in total. The summed E-state index contributed by atoms with van der Waals surface area (Å²) in [7, 11) is 0. The number of anilines is 1. The van der Waals surface area contributed by atoms with Crippen LogP contribution in [0, 0.1) is 6.92 Å². The molecule has 0 saturated carbocycles. The molecule has 126 valence electrons. The standard InChI is InChI=1S/C16H21N7O/c1-11(2)23-9-14(18-20-23)16(24)4-6-21(10-16)15-13-8-12(3)19-22(13)7-5-17-15/h5,7-9,11,24H,4,6,10H2,1-3H3. The first-order valence-electron chi connectivity index (χ1n) is 8.17. The van der Waals surface area contributed by atoms with Crippen molar-refractivity contribution in [3.8, 4) is 0 Å². The number of hydrogen-bond donors (Lipinski definition) is 1. The number of nitrogens with zero attached hydrogens (tertiary/aromatic N) is 7. The molecular formula is C16H21N7O. The summed E-state index contributed by atoms with van der Waals surface area (Å²) in [6, 6.07) is 2.23. The Labute approximate surface area is 139 Å². The van der Waals surface area contributed by atoms with Gasteiger partial charge in [-0.3, -0.25) is 0 Å². The number of fused-ring (bicyclic) bond motifs is 1. The van der Waals surface area contributed by atoms with Gasteiger partial charge < -0.3 is 10.0 Å². The van der Waals surface area contributed by atoms with Crippen LogP contribution in [-0.2, 0) is 5.60 Å². The fourth-order valence-corrected chi connectivity index (χ4v) is 3.20. The molecule has 8 nitrogen and oxygen atoms in total. The van der Waals surface area contributed by atoms with Gasteiger partial charge in [-0.25, -0.2) is 14.2 Å². The van der Waals surface area contributed by atoms with Crippen LogP contribution in [0.2, 0.25) is 0 Å². The van der Waals surface area contributed by atoms with Gasteiger partial charge in [-0.05, 0) is 26.8 Å². The van der Waals surface area contributed by atoms with Gasteiger partial charge in [-0.15, -0.1) is 5.10 Å². The third kappa shape index (κ3) is 2.34. The Morgan fingerprint density at radius 2 is 2.17 bits per heavy atom. The van der Waals surface area contributed by atoms with Gasteiger partial charge in [-0.1, -0.05) is 5.21 Å². The van der Waals surface area contributed by atoms with Crippen molar-refractivity contribution in [1.82, 2.24) is 29.6 Å². The van der Waals surface area contributed by atoms with Crippen molar-refractivity contribution in [3.05, 3.63) is 36.0 Å². The molecular weight excluding hydrogens is 306 g/mol. The summed E-state index contributed by atoms with van der Waals surface area (Å²) in [6.45, 7) is 7.19. The zero-order valence-corrected chi connectivity index (χ0v) is 14.1. The minimum Gasteiger partial charge on any atom is -0.381 e. The molecule has 1 atom stereocenters. The Kier molecular flexibility index (Phi) is 3.31. The van der Waals surface area contributed by atoms with Crippen LogP contribution in [0.1, 0.15) is 37.7 Å². The Morgan fingerprint density at radius 3 is 2.92 bits per heavy atom. The van der Waals surface area contributed by atoms with Crippen LogP contribution in [0.5, 0.6) is 0 Å². The van der Waals surface area contributed by atoms with Crippen LogP contribution in [0.4, 0.5) is 5.82 Å². The topological polar surface area (TPSA) is 84.4 Å². The molecule has 8 heteroatoms. The third-order valence-electron chi connectivity index (χ3n) is 4.56. The monoisotopic (exact) mass is 327 g/mol. The Hall–Kier alpha value is -2.48. The van der Waals surface area contributed by atoms with Crippen LogP contribution in [0.25, 0.3) is 5.52 Å². The van der Waals surface area contributed by atoms with E-state index in [0.29, 0.717) is 25.2 Å². The van der Waals surface area contributed by atoms with E-state index in [1.165, 1.54) is 0 Å². The summed E-state index contributed by atoms with van der Waals surface area (Å²) in [5, 5.41) is 23.8. The number of β-amino-alcohol motifs (C(OH)–C–C–N with tert-alkyl or cyclic N) is 1. The second kappa shape index (κ2) is 5.27. The first-order valence-corrected chi connectivity index (χ1v) is 8.17. The van der Waals surface area contributed by atoms with Gasteiger partial charge in [0.25, 0.3) is 0 Å². The molecule has 0 amide bonds. The molecule has 1 aliphatic heterocycles. The largest absolute Gasteiger partial charge is 0.381 e. The van der Waals surface area contributed by atoms with E-state index in [1.807, 2.05) is 43.7 Å². The van der Waals surface area contributed by atoms with Crippen molar-refractivity contribution in [2.24, 2.45) is 0 Å². The van der Waals surface area contributed by atoms with E-state index < -0.39 is 5.60 Å². The third-order valence-corrected chi connectivity index (χ3v) is 4.56. The summed E-state index contributed by atoms with van der Waals surface area (Å²) in [6.07, 6.45) is 6.01. The summed E-state index contributed by atoms with van der Waals surface area (Å²) < 4.78 is 3.60. The van der Waals surface area contributed by atoms with Crippen molar-refractivity contribution in [2.75, 3.05) is 18.0 Å². The average molecular weight is 327 g/mol. The fourth-order valence-electron chi connectivity index (χ4n) is 3.20. The summed E-state index contributed by atoms with van der Waals surface area (Å²) in [5.41, 5.74) is 1.51. The highest BCUT2D eigenvalue weighted by atomic mass is 16.3. The van der Waals surface area contributed by atoms with Crippen molar-refractivity contribution in [3.63, 3.8) is 0 Å². The van der Waals surface area contributed by atoms with E-state index in [0.717, 1.165) is 17.0 Å². The van der Waals surface area contributed by atoms with Gasteiger partial charge in [0.05, 0.1) is 18.4 Å². The Morgan fingerprint density at radius 1 is 1.33 bits per heavy atom. The highest BCUT2D eigenvalue weighted by Gasteiger charge is 2.41. The van der Waals surface area contributed by atoms with Crippen molar-refractivity contribution in [2.45, 2.75) is 38.8 Å². The first kappa shape index (κ1) is 15.1. The molecule has 3 aromatic rings. The lowest BCUT2D eigenvalue weighted by Gasteiger charge is -2.22. The average Bonchev–Trinajstić information content (AvgIpc) is 3.23. The van der Waals surface area contributed by atoms with Crippen molar-refractivity contribution >= 4 is 11.3 Å². The summed E-state index contributed by atoms with van der Waals surface area (Å²) in [4.78, 5) is 6.60. The molecule has 0 radical (unpaired) electrons. The molecule has 0 bridgehead atoms. The van der Waals surface area contributed by atoms with E-state index in [1.54, 1.807) is 10.9 Å². The van der Waals surface area contributed by atoms with Gasteiger partial charge in [0.1, 0.15) is 16.8 Å². The number of aliphatic hydroxyl groups is 1. The lowest BCUT2D eigenvalue weighted by atomic mass is 10.00. The zero-order chi connectivity index (χ0) is 16.9. The number of rotatable bonds is 3. The van der Waals surface area contributed by atoms with Crippen LogP contribution >= 0.6 is 0 Å². The number of aryl methyl sites for hydroxylation is 1. The molecule has 1 unspecified atom stereocenters. The second-order valence-electron chi connectivity index (χ2n) is 6.75. The Balaban J connectivity index is 1.65. The second-order valence-corrected chi connectivity index (χ2v) is 6.75. The highest BCUT2D eigenvalue weighted by Crippen LogP contribution is 2.34. The maximum absolute atomic E-state index is 11.1. The van der Waals surface area contributed by atoms with Crippen LogP contribution in [-0.4, -0.2) is 47.8 Å². The summed E-state index contributed by atoms with van der Waals surface area (Å²) in [5.74, 6) is 0.838. The number of aromatic nitrogens is 6. The van der Waals surface area contributed by atoms with Gasteiger partial charge in [0.15, 0.2) is 5.82 Å². The molecule has 0 aromatic carbocycles. The zero-order valence-electron chi connectivity index (χ0n) is 14.1. The van der Waals surface area contributed by atoms with Gasteiger partial charge in [-0.2, -0.15) is 5.10 Å². The maximum atomic E-state index is 11.1. The van der Waals surface area contributed by atoms with Gasteiger partial charge >= 0.3 is 0 Å². The molecule has 4 rings (SSSR count). The fraction of sp³-hybridized carbons (Fsp3) is 0.500. The quantitative estimate of drug-likeness (QED) is 0.781. The molecule has 3 aromatic heterocycles. The minimum absolute atomic E-state index is 0.220. The van der Waals surface area contributed by atoms with Crippen LogP contribution in [0.15, 0.2) is 24.7 Å². The highest BCUT2D eigenvalue weighted by molar-refractivity contribution is 5.69. The molecule has 0 spiro atoms. The van der Waals surface area contributed by atoms with E-state index in [-0.39, 0.29) is 6.04 Å². The van der Waals surface area contributed by atoms with Gasteiger partial charge in [0.2, 0.25) is 0 Å². The molecule has 1 saturated heterocycles. The molecule has 4 heterocycles. The van der Waals surface area contributed by atoms with E-state index in [2.05, 4.69) is 25.3 Å². The van der Waals surface area contributed by atoms with E-state index >= 15 is 0 Å². The van der Waals surface area contributed by atoms with Gasteiger partial charge in [0, 0.05) is 31.4 Å². The SMILES string of the molecule is Cc1cc2c(N3CCC(O)(c4cn(C(C)C)nn4)C3)nccn2n1. The molecule has 24 heavy (non-hydrogen) atoms.